The van der Waals surface area contributed by atoms with Crippen LogP contribution in [0.25, 0.3) is 0 Å². The number of amides is 1. The molecule has 0 unspecified atom stereocenters. The molecule has 0 spiro atoms. The van der Waals surface area contributed by atoms with Crippen LogP contribution in [-0.2, 0) is 4.79 Å². The molecule has 1 aliphatic rings. The number of ether oxygens (including phenoxy) is 1. The number of carbonyl (C=O) groups excluding carboxylic acids is 1. The molecule has 2 N–H and O–H groups in total. The molecular weight excluding hydrogens is 396 g/mol. The molecule has 3 rings (SSSR count). The van der Waals surface area contributed by atoms with Crippen LogP contribution < -0.4 is 15.0 Å². The third kappa shape index (κ3) is 4.76. The van der Waals surface area contributed by atoms with E-state index in [0.29, 0.717) is 37.6 Å². The molecule has 1 saturated heterocycles. The zero-order valence-corrected chi connectivity index (χ0v) is 17.3. The molecule has 0 bridgehead atoms. The number of methoxy groups -OCH3 is 1. The van der Waals surface area contributed by atoms with E-state index in [1.165, 1.54) is 19.2 Å². The number of benzene rings is 1. The van der Waals surface area contributed by atoms with E-state index >= 15 is 0 Å². The zero-order chi connectivity index (χ0) is 21.1. The number of anilines is 2. The van der Waals surface area contributed by atoms with Gasteiger partial charge >= 0.3 is 5.97 Å². The van der Waals surface area contributed by atoms with E-state index in [2.05, 4.69) is 20.2 Å². The van der Waals surface area contributed by atoms with Crippen molar-refractivity contribution in [2.24, 2.45) is 5.92 Å². The van der Waals surface area contributed by atoms with Crippen molar-refractivity contribution < 1.29 is 19.4 Å². The first kappa shape index (κ1) is 20.9. The number of halogens is 1. The van der Waals surface area contributed by atoms with E-state index in [-0.39, 0.29) is 28.2 Å². The Bertz CT molecular complexity index is 922. The van der Waals surface area contributed by atoms with Gasteiger partial charge in [-0.15, -0.1) is 0 Å². The molecule has 1 aromatic heterocycles. The molecule has 2 aromatic rings. The van der Waals surface area contributed by atoms with Crippen molar-refractivity contribution in [3.05, 3.63) is 40.2 Å². The minimum atomic E-state index is -1.15. The van der Waals surface area contributed by atoms with Crippen molar-refractivity contribution in [3.8, 4) is 5.75 Å². The number of carbonyl (C=O) groups is 2. The number of hydrogen-bond acceptors (Lipinski definition) is 6. The van der Waals surface area contributed by atoms with Gasteiger partial charge in [-0.1, -0.05) is 11.6 Å². The Balaban J connectivity index is 1.66. The molecule has 29 heavy (non-hydrogen) atoms. The monoisotopic (exact) mass is 418 g/mol. The van der Waals surface area contributed by atoms with Gasteiger partial charge in [-0.05, 0) is 38.8 Å². The lowest BCUT2D eigenvalue weighted by molar-refractivity contribution is -0.120. The lowest BCUT2D eigenvalue weighted by Crippen LogP contribution is -2.39. The topological polar surface area (TPSA) is 105 Å². The lowest BCUT2D eigenvalue weighted by atomic mass is 9.96. The van der Waals surface area contributed by atoms with Crippen LogP contribution in [0.3, 0.4) is 0 Å². The average molecular weight is 419 g/mol. The van der Waals surface area contributed by atoms with Crippen LogP contribution >= 0.6 is 11.6 Å². The summed E-state index contributed by atoms with van der Waals surface area (Å²) < 4.78 is 5.10. The summed E-state index contributed by atoms with van der Waals surface area (Å²) in [5.41, 5.74) is 2.11. The number of aromatic nitrogens is 2. The molecule has 2 heterocycles. The van der Waals surface area contributed by atoms with Gasteiger partial charge in [-0.25, -0.2) is 14.8 Å². The van der Waals surface area contributed by atoms with Crippen LogP contribution in [0, 0.1) is 19.8 Å². The van der Waals surface area contributed by atoms with Crippen molar-refractivity contribution in [1.29, 1.82) is 0 Å². The van der Waals surface area contributed by atoms with Crippen molar-refractivity contribution in [3.63, 3.8) is 0 Å². The van der Waals surface area contributed by atoms with Crippen molar-refractivity contribution in [2.45, 2.75) is 26.7 Å². The first-order chi connectivity index (χ1) is 13.8. The molecule has 1 fully saturated rings. The van der Waals surface area contributed by atoms with E-state index in [9.17, 15) is 14.7 Å². The van der Waals surface area contributed by atoms with Gasteiger partial charge in [0, 0.05) is 36.5 Å². The predicted molar refractivity (Wildman–Crippen MR) is 110 cm³/mol. The largest absolute Gasteiger partial charge is 0.496 e. The fourth-order valence-electron chi connectivity index (χ4n) is 3.41. The summed E-state index contributed by atoms with van der Waals surface area (Å²) in [7, 11) is 1.37. The summed E-state index contributed by atoms with van der Waals surface area (Å²) in [5, 5.41) is 12.2. The summed E-state index contributed by atoms with van der Waals surface area (Å²) in [5.74, 6) is -0.656. The molecule has 9 heteroatoms. The first-order valence-corrected chi connectivity index (χ1v) is 9.65. The van der Waals surface area contributed by atoms with Crippen LogP contribution in [0.15, 0.2) is 18.2 Å². The van der Waals surface area contributed by atoms with Crippen LogP contribution in [0.1, 0.15) is 34.6 Å². The molecule has 0 aliphatic carbocycles. The minimum absolute atomic E-state index is 0.0581. The molecule has 0 radical (unpaired) electrons. The summed E-state index contributed by atoms with van der Waals surface area (Å²) in [6.45, 7) is 5.23. The number of aryl methyl sites for hydroxylation is 2. The number of carboxylic acids is 1. The Morgan fingerprint density at radius 1 is 1.17 bits per heavy atom. The van der Waals surface area contributed by atoms with Crippen LogP contribution in [-0.4, -0.2) is 47.2 Å². The molecule has 1 aliphatic heterocycles. The normalized spacial score (nSPS) is 14.6. The minimum Gasteiger partial charge on any atom is -0.496 e. The van der Waals surface area contributed by atoms with E-state index in [4.69, 9.17) is 16.3 Å². The highest BCUT2D eigenvalue weighted by Gasteiger charge is 2.27. The number of rotatable bonds is 5. The van der Waals surface area contributed by atoms with Gasteiger partial charge in [0.1, 0.15) is 11.3 Å². The quantitative estimate of drug-likeness (QED) is 0.767. The van der Waals surface area contributed by atoms with Gasteiger partial charge in [0.05, 0.1) is 17.8 Å². The molecule has 1 aromatic carbocycles. The van der Waals surface area contributed by atoms with E-state index in [0.717, 1.165) is 11.4 Å². The summed E-state index contributed by atoms with van der Waals surface area (Å²) in [6, 6.07) is 4.64. The number of nitrogens with zero attached hydrogens (tertiary/aromatic N) is 3. The molecule has 1 amide bonds. The van der Waals surface area contributed by atoms with Crippen molar-refractivity contribution in [1.82, 2.24) is 9.97 Å². The second-order valence-electron chi connectivity index (χ2n) is 7.04. The second-order valence-corrected chi connectivity index (χ2v) is 7.45. The Labute approximate surface area is 173 Å². The van der Waals surface area contributed by atoms with Crippen LogP contribution in [0.5, 0.6) is 5.75 Å². The molecule has 0 saturated carbocycles. The van der Waals surface area contributed by atoms with Gasteiger partial charge in [-0.2, -0.15) is 0 Å². The third-order valence-corrected chi connectivity index (χ3v) is 5.21. The number of aromatic carboxylic acids is 1. The lowest BCUT2D eigenvalue weighted by Gasteiger charge is -2.31. The number of carboxylic acid groups (broad SMARTS) is 1. The van der Waals surface area contributed by atoms with Crippen molar-refractivity contribution >= 4 is 35.1 Å². The van der Waals surface area contributed by atoms with Gasteiger partial charge in [0.25, 0.3) is 0 Å². The van der Waals surface area contributed by atoms with Gasteiger partial charge in [-0.3, -0.25) is 4.79 Å². The third-order valence-electron chi connectivity index (χ3n) is 4.90. The van der Waals surface area contributed by atoms with Crippen molar-refractivity contribution in [2.75, 3.05) is 30.4 Å². The standard InChI is InChI=1S/C20H23ClN4O4/c1-11-8-12(2)23-20(22-11)25-6-4-13(5-7-25)18(26)24-16-10-17(29-3)14(19(27)28)9-15(16)21/h8-10,13H,4-7H2,1-3H3,(H,24,26)(H,27,28). The Hall–Kier alpha value is -2.87. The number of nitrogens with one attached hydrogen (secondary N) is 1. The van der Waals surface area contributed by atoms with Crippen LogP contribution in [0.4, 0.5) is 11.6 Å². The Kier molecular flexibility index (Phi) is 6.22. The fraction of sp³-hybridized carbons (Fsp3) is 0.400. The molecular formula is C20H23ClN4O4. The highest BCUT2D eigenvalue weighted by atomic mass is 35.5. The number of piperidine rings is 1. The fourth-order valence-corrected chi connectivity index (χ4v) is 3.62. The molecule has 0 atom stereocenters. The highest BCUT2D eigenvalue weighted by molar-refractivity contribution is 6.34. The average Bonchev–Trinajstić information content (AvgIpc) is 2.68. The van der Waals surface area contributed by atoms with Crippen LogP contribution in [0.2, 0.25) is 5.02 Å². The zero-order valence-electron chi connectivity index (χ0n) is 16.5. The van der Waals surface area contributed by atoms with Gasteiger partial charge < -0.3 is 20.1 Å². The highest BCUT2D eigenvalue weighted by Crippen LogP contribution is 2.32. The maximum absolute atomic E-state index is 12.7. The molecule has 8 nitrogen and oxygen atoms in total. The summed E-state index contributed by atoms with van der Waals surface area (Å²) in [6.07, 6.45) is 1.31. The smallest absolute Gasteiger partial charge is 0.339 e. The van der Waals surface area contributed by atoms with E-state index < -0.39 is 5.97 Å². The first-order valence-electron chi connectivity index (χ1n) is 9.27. The Morgan fingerprint density at radius 3 is 2.34 bits per heavy atom. The maximum Gasteiger partial charge on any atom is 0.339 e. The second kappa shape index (κ2) is 8.65. The SMILES string of the molecule is COc1cc(NC(=O)C2CCN(c3nc(C)cc(C)n3)CC2)c(Cl)cc1C(=O)O. The van der Waals surface area contributed by atoms with E-state index in [1.807, 2.05) is 19.9 Å². The Morgan fingerprint density at radius 2 is 1.79 bits per heavy atom. The summed E-state index contributed by atoms with van der Waals surface area (Å²) >= 11 is 6.16. The summed E-state index contributed by atoms with van der Waals surface area (Å²) in [4.78, 5) is 35.0. The van der Waals surface area contributed by atoms with Gasteiger partial charge in [0.2, 0.25) is 11.9 Å². The molecule has 154 valence electrons. The van der Waals surface area contributed by atoms with Gasteiger partial charge in [0.15, 0.2) is 0 Å². The maximum atomic E-state index is 12.7. The van der Waals surface area contributed by atoms with E-state index in [1.54, 1.807) is 0 Å². The number of hydrogen-bond donors (Lipinski definition) is 2. The predicted octanol–water partition coefficient (Wildman–Crippen LogP) is 3.31.